The highest BCUT2D eigenvalue weighted by atomic mass is 16.1. The van der Waals surface area contributed by atoms with E-state index in [-0.39, 0.29) is 5.78 Å². The Balaban J connectivity index is 0.972. The molecule has 2 aliphatic heterocycles. The summed E-state index contributed by atoms with van der Waals surface area (Å²) in [7, 11) is 0. The molecule has 4 heterocycles. The van der Waals surface area contributed by atoms with E-state index in [9.17, 15) is 0 Å². The summed E-state index contributed by atoms with van der Waals surface area (Å²) in [6, 6.07) is 78.8. The van der Waals surface area contributed by atoms with Gasteiger partial charge in [0.15, 0.2) is 5.78 Å². The zero-order valence-corrected chi connectivity index (χ0v) is 36.6. The highest BCUT2D eigenvalue weighted by Gasteiger charge is 2.47. The van der Waals surface area contributed by atoms with Crippen LogP contribution in [-0.4, -0.2) is 14.9 Å². The van der Waals surface area contributed by atoms with Gasteiger partial charge in [0.25, 0.3) is 0 Å². The van der Waals surface area contributed by atoms with Crippen molar-refractivity contribution in [1.29, 1.82) is 0 Å². The van der Waals surface area contributed by atoms with Gasteiger partial charge in [-0.15, -0.1) is 0 Å². The number of allylic oxidation sites excluding steroid dienone is 6. The molecule has 314 valence electrons. The fraction of sp³-hybridized carbons (Fsp3) is 0.0469. The zero-order valence-electron chi connectivity index (χ0n) is 36.6. The number of nitrogens with zero attached hydrogens (tertiary/aromatic N) is 2. The lowest BCUT2D eigenvalue weighted by Crippen LogP contribution is -2.36. The van der Waals surface area contributed by atoms with Crippen molar-refractivity contribution in [2.45, 2.75) is 17.3 Å². The molecule has 0 spiro atoms. The SMILES string of the molecule is O=C(c1ccc2c(c1)c1cccc3c1n2C1=C(CC=CC=C1)C3(c1ccccc1)c1ccccc1)c1ccc2c(c1)c1cccc3c1n2-c1ccccc1C3(c1ccccc1)c1ccccc1. The van der Waals surface area contributed by atoms with E-state index in [0.29, 0.717) is 11.1 Å². The van der Waals surface area contributed by atoms with E-state index < -0.39 is 10.8 Å². The molecule has 0 N–H and O–H groups in total. The number of fused-ring (bicyclic) bond motifs is 9. The second-order valence-electron chi connectivity index (χ2n) is 18.2. The van der Waals surface area contributed by atoms with E-state index in [2.05, 4.69) is 240 Å². The Morgan fingerprint density at radius 3 is 1.43 bits per heavy atom. The summed E-state index contributed by atoms with van der Waals surface area (Å²) in [5.41, 5.74) is 17.1. The molecule has 9 aromatic carbocycles. The molecule has 0 bridgehead atoms. The molecule has 0 radical (unpaired) electrons. The molecule has 3 heteroatoms. The number of benzene rings is 9. The molecule has 0 saturated carbocycles. The highest BCUT2D eigenvalue weighted by molar-refractivity contribution is 6.20. The summed E-state index contributed by atoms with van der Waals surface area (Å²) < 4.78 is 4.89. The smallest absolute Gasteiger partial charge is 0.193 e. The molecule has 0 atom stereocenters. The quantitative estimate of drug-likeness (QED) is 0.153. The largest absolute Gasteiger partial charge is 0.309 e. The fourth-order valence-electron chi connectivity index (χ4n) is 12.5. The van der Waals surface area contributed by atoms with Crippen LogP contribution in [0.4, 0.5) is 0 Å². The van der Waals surface area contributed by atoms with Crippen molar-refractivity contribution < 1.29 is 4.79 Å². The summed E-state index contributed by atoms with van der Waals surface area (Å²) in [4.78, 5) is 15.1. The molecule has 1 aliphatic carbocycles. The van der Waals surface area contributed by atoms with Crippen molar-refractivity contribution in [1.82, 2.24) is 9.13 Å². The second kappa shape index (κ2) is 14.2. The number of ketones is 1. The summed E-state index contributed by atoms with van der Waals surface area (Å²) in [6.45, 7) is 0. The van der Waals surface area contributed by atoms with Crippen LogP contribution in [-0.2, 0) is 10.8 Å². The lowest BCUT2D eigenvalue weighted by Gasteiger charge is -2.42. The van der Waals surface area contributed by atoms with Gasteiger partial charge < -0.3 is 9.13 Å². The number of hydrogen-bond acceptors (Lipinski definition) is 1. The standard InChI is InChI=1S/C64H42N2O/c67-62(43-37-39-57-51(41-43)49-29-19-33-55-61(49)66(57)59-35-17-16-31-53(59)64(55,46-24-10-3-11-25-46)47-26-12-4-13-27-47)42-36-38-56-50(40-42)48-28-18-32-54-60(48)65(56)58-34-15-5-14-30-52(58)63(54,44-20-6-1-7-21-44)45-22-8-2-9-23-45/h1-29,31-41H,30H2. The van der Waals surface area contributed by atoms with Gasteiger partial charge in [0.2, 0.25) is 0 Å². The van der Waals surface area contributed by atoms with Crippen LogP contribution in [0.1, 0.15) is 61.3 Å². The average molecular weight is 855 g/mol. The van der Waals surface area contributed by atoms with Crippen LogP contribution < -0.4 is 0 Å². The van der Waals surface area contributed by atoms with E-state index in [1.165, 1.54) is 61.2 Å². The molecule has 0 saturated heterocycles. The summed E-state index contributed by atoms with van der Waals surface area (Å²) in [5, 5.41) is 4.40. The Morgan fingerprint density at radius 1 is 0.403 bits per heavy atom. The topological polar surface area (TPSA) is 26.9 Å². The molecule has 11 aromatic rings. The van der Waals surface area contributed by atoms with Crippen LogP contribution in [0.15, 0.2) is 248 Å². The van der Waals surface area contributed by atoms with Crippen LogP contribution in [0.5, 0.6) is 0 Å². The van der Waals surface area contributed by atoms with Crippen molar-refractivity contribution in [3.63, 3.8) is 0 Å². The molecule has 0 amide bonds. The molecule has 3 nitrogen and oxygen atoms in total. The van der Waals surface area contributed by atoms with Gasteiger partial charge in [-0.05, 0) is 99.5 Å². The van der Waals surface area contributed by atoms with Crippen molar-refractivity contribution in [2.24, 2.45) is 0 Å². The van der Waals surface area contributed by atoms with E-state index in [1.54, 1.807) is 0 Å². The Hall–Kier alpha value is -8.53. The maximum absolute atomic E-state index is 15.1. The predicted molar refractivity (Wildman–Crippen MR) is 274 cm³/mol. The van der Waals surface area contributed by atoms with Gasteiger partial charge in [0.05, 0.1) is 38.6 Å². The molecule has 3 aliphatic rings. The maximum atomic E-state index is 15.1. The number of aromatic nitrogens is 2. The lowest BCUT2D eigenvalue weighted by molar-refractivity contribution is 0.103. The minimum atomic E-state index is -0.556. The first-order chi connectivity index (χ1) is 33.2. The third-order valence-corrected chi connectivity index (χ3v) is 15.1. The number of para-hydroxylation sites is 3. The van der Waals surface area contributed by atoms with Crippen molar-refractivity contribution in [3.05, 3.63) is 298 Å². The van der Waals surface area contributed by atoms with Gasteiger partial charge in [-0.3, -0.25) is 4.79 Å². The van der Waals surface area contributed by atoms with E-state index >= 15 is 4.79 Å². The van der Waals surface area contributed by atoms with E-state index in [1.807, 2.05) is 12.1 Å². The first kappa shape index (κ1) is 37.8. The minimum Gasteiger partial charge on any atom is -0.309 e. The monoisotopic (exact) mass is 854 g/mol. The van der Waals surface area contributed by atoms with Crippen LogP contribution >= 0.6 is 0 Å². The van der Waals surface area contributed by atoms with Gasteiger partial charge in [0.1, 0.15) is 0 Å². The fourth-order valence-corrected chi connectivity index (χ4v) is 12.5. The minimum absolute atomic E-state index is 0.00681. The van der Waals surface area contributed by atoms with Gasteiger partial charge >= 0.3 is 0 Å². The molecule has 2 aromatic heterocycles. The van der Waals surface area contributed by atoms with Crippen LogP contribution in [0, 0.1) is 0 Å². The molecule has 0 unspecified atom stereocenters. The maximum Gasteiger partial charge on any atom is 0.193 e. The van der Waals surface area contributed by atoms with Crippen molar-refractivity contribution in [2.75, 3.05) is 0 Å². The van der Waals surface area contributed by atoms with E-state index in [4.69, 9.17) is 0 Å². The summed E-state index contributed by atoms with van der Waals surface area (Å²) in [5.74, 6) is 0.00681. The highest BCUT2D eigenvalue weighted by Crippen LogP contribution is 2.57. The Kier molecular flexibility index (Phi) is 8.03. The Labute approximate surface area is 388 Å². The zero-order chi connectivity index (χ0) is 44.3. The average Bonchev–Trinajstić information content (AvgIpc) is 3.79. The van der Waals surface area contributed by atoms with Crippen LogP contribution in [0.3, 0.4) is 0 Å². The summed E-state index contributed by atoms with van der Waals surface area (Å²) in [6.07, 6.45) is 9.71. The number of hydrogen-bond donors (Lipinski definition) is 0. The number of carbonyl (C=O) groups excluding carboxylic acids is 1. The third kappa shape index (κ3) is 4.98. The normalized spacial score (nSPS) is 15.2. The molecule has 67 heavy (non-hydrogen) atoms. The Bertz CT molecular complexity index is 3860. The van der Waals surface area contributed by atoms with Crippen molar-refractivity contribution >= 4 is 55.1 Å². The van der Waals surface area contributed by atoms with Crippen molar-refractivity contribution in [3.8, 4) is 5.69 Å². The number of rotatable bonds is 6. The van der Waals surface area contributed by atoms with Gasteiger partial charge in [-0.1, -0.05) is 194 Å². The molecular weight excluding hydrogens is 813 g/mol. The first-order valence-corrected chi connectivity index (χ1v) is 23.3. The van der Waals surface area contributed by atoms with E-state index in [0.717, 1.165) is 44.7 Å². The van der Waals surface area contributed by atoms with Gasteiger partial charge in [0, 0.05) is 38.4 Å². The summed E-state index contributed by atoms with van der Waals surface area (Å²) >= 11 is 0. The second-order valence-corrected chi connectivity index (χ2v) is 18.2. The molecule has 14 rings (SSSR count). The first-order valence-electron chi connectivity index (χ1n) is 23.3. The lowest BCUT2D eigenvalue weighted by atomic mass is 9.62. The number of carbonyl (C=O) groups is 1. The third-order valence-electron chi connectivity index (χ3n) is 15.1. The van der Waals surface area contributed by atoms with Crippen LogP contribution in [0.2, 0.25) is 0 Å². The molecular formula is C64H42N2O. The van der Waals surface area contributed by atoms with Gasteiger partial charge in [-0.2, -0.15) is 0 Å². The van der Waals surface area contributed by atoms with Crippen LogP contribution in [0.25, 0.3) is 55.0 Å². The molecule has 0 fully saturated rings. The Morgan fingerprint density at radius 2 is 0.866 bits per heavy atom. The predicted octanol–water partition coefficient (Wildman–Crippen LogP) is 14.9. The van der Waals surface area contributed by atoms with Gasteiger partial charge in [-0.25, -0.2) is 0 Å².